The third kappa shape index (κ3) is 3.03. The number of nitrogens with one attached hydrogen (secondary N) is 1. The summed E-state index contributed by atoms with van der Waals surface area (Å²) in [5.41, 5.74) is 0. The molecule has 4 nitrogen and oxygen atoms in total. The molecule has 2 rings (SSSR count). The van der Waals surface area contributed by atoms with Gasteiger partial charge in [0.2, 0.25) is 10.0 Å². The SMILES string of the molecule is CCCC(C)NS(=O)(=O)c1c(CO)sc2ccccc12. The Morgan fingerprint density at radius 1 is 1.35 bits per heavy atom. The van der Waals surface area contributed by atoms with Gasteiger partial charge in [-0.2, -0.15) is 0 Å². The molecule has 1 heterocycles. The molecule has 0 saturated heterocycles. The summed E-state index contributed by atoms with van der Waals surface area (Å²) in [5.74, 6) is 0. The van der Waals surface area contributed by atoms with Crippen molar-refractivity contribution in [1.29, 1.82) is 0 Å². The average Bonchev–Trinajstić information content (AvgIpc) is 2.77. The van der Waals surface area contributed by atoms with Crippen LogP contribution >= 0.6 is 11.3 Å². The highest BCUT2D eigenvalue weighted by molar-refractivity contribution is 7.90. The standard InChI is InChI=1S/C14H19NO3S2/c1-3-6-10(2)15-20(17,18)14-11-7-4-5-8-12(11)19-13(14)9-16/h4-5,7-8,10,15-16H,3,6,9H2,1-2H3. The van der Waals surface area contributed by atoms with Crippen molar-refractivity contribution in [3.05, 3.63) is 29.1 Å². The van der Waals surface area contributed by atoms with E-state index in [0.29, 0.717) is 10.3 Å². The summed E-state index contributed by atoms with van der Waals surface area (Å²) in [5, 5.41) is 10.1. The molecule has 0 bridgehead atoms. The van der Waals surface area contributed by atoms with Gasteiger partial charge in [-0.3, -0.25) is 0 Å². The zero-order chi connectivity index (χ0) is 14.8. The van der Waals surface area contributed by atoms with Crippen LogP contribution in [0.25, 0.3) is 10.1 Å². The lowest BCUT2D eigenvalue weighted by molar-refractivity contribution is 0.282. The van der Waals surface area contributed by atoms with E-state index in [4.69, 9.17) is 0 Å². The van der Waals surface area contributed by atoms with E-state index in [-0.39, 0.29) is 17.5 Å². The molecular weight excluding hydrogens is 294 g/mol. The summed E-state index contributed by atoms with van der Waals surface area (Å²) in [6, 6.07) is 7.21. The van der Waals surface area contributed by atoms with E-state index in [1.54, 1.807) is 6.07 Å². The first-order valence-electron chi connectivity index (χ1n) is 6.63. The molecule has 0 aliphatic carbocycles. The largest absolute Gasteiger partial charge is 0.391 e. The monoisotopic (exact) mass is 313 g/mol. The van der Waals surface area contributed by atoms with Crippen LogP contribution < -0.4 is 4.72 Å². The highest BCUT2D eigenvalue weighted by atomic mass is 32.2. The van der Waals surface area contributed by atoms with Gasteiger partial charge >= 0.3 is 0 Å². The lowest BCUT2D eigenvalue weighted by Crippen LogP contribution is -2.32. The molecule has 0 fully saturated rings. The Balaban J connectivity index is 2.50. The number of sulfonamides is 1. The summed E-state index contributed by atoms with van der Waals surface area (Å²) in [4.78, 5) is 0.714. The van der Waals surface area contributed by atoms with Crippen LogP contribution in [0.5, 0.6) is 0 Å². The van der Waals surface area contributed by atoms with E-state index >= 15 is 0 Å². The summed E-state index contributed by atoms with van der Waals surface area (Å²) >= 11 is 1.32. The Hall–Kier alpha value is -0.950. The maximum atomic E-state index is 12.6. The molecule has 6 heteroatoms. The van der Waals surface area contributed by atoms with Crippen LogP contribution in [0.2, 0.25) is 0 Å². The summed E-state index contributed by atoms with van der Waals surface area (Å²) in [6.45, 7) is 3.61. The van der Waals surface area contributed by atoms with Crippen molar-refractivity contribution in [2.24, 2.45) is 0 Å². The van der Waals surface area contributed by atoms with Crippen LogP contribution in [-0.4, -0.2) is 19.6 Å². The van der Waals surface area contributed by atoms with E-state index in [1.165, 1.54) is 11.3 Å². The fourth-order valence-corrected chi connectivity index (χ4v) is 5.36. The van der Waals surface area contributed by atoms with E-state index in [0.717, 1.165) is 17.5 Å². The second-order valence-corrected chi connectivity index (χ2v) is 7.61. The Morgan fingerprint density at radius 2 is 2.05 bits per heavy atom. The van der Waals surface area contributed by atoms with Crippen LogP contribution in [-0.2, 0) is 16.6 Å². The first-order valence-corrected chi connectivity index (χ1v) is 8.93. The van der Waals surface area contributed by atoms with Crippen molar-refractivity contribution in [3.63, 3.8) is 0 Å². The zero-order valence-corrected chi connectivity index (χ0v) is 13.2. The molecule has 1 unspecified atom stereocenters. The van der Waals surface area contributed by atoms with Gasteiger partial charge in [0.25, 0.3) is 0 Å². The van der Waals surface area contributed by atoms with E-state index in [9.17, 15) is 13.5 Å². The van der Waals surface area contributed by atoms with Crippen LogP contribution in [0.1, 0.15) is 31.6 Å². The van der Waals surface area contributed by atoms with Crippen molar-refractivity contribution in [3.8, 4) is 0 Å². The summed E-state index contributed by atoms with van der Waals surface area (Å²) in [6.07, 6.45) is 1.71. The fraction of sp³-hybridized carbons (Fsp3) is 0.429. The minimum Gasteiger partial charge on any atom is -0.391 e. The number of benzene rings is 1. The highest BCUT2D eigenvalue weighted by Gasteiger charge is 2.25. The van der Waals surface area contributed by atoms with Crippen LogP contribution in [0.3, 0.4) is 0 Å². The summed E-state index contributed by atoms with van der Waals surface area (Å²) in [7, 11) is -3.61. The number of aliphatic hydroxyl groups is 1. The molecule has 2 aromatic rings. The van der Waals surface area contributed by atoms with E-state index < -0.39 is 10.0 Å². The van der Waals surface area contributed by atoms with E-state index in [1.807, 2.05) is 32.0 Å². The topological polar surface area (TPSA) is 66.4 Å². The molecule has 0 amide bonds. The third-order valence-corrected chi connectivity index (χ3v) is 6.11. The van der Waals surface area contributed by atoms with Crippen molar-refractivity contribution in [2.75, 3.05) is 0 Å². The first kappa shape index (κ1) is 15.4. The molecule has 0 aliphatic rings. The molecule has 0 spiro atoms. The lowest BCUT2D eigenvalue weighted by Gasteiger charge is -2.13. The minimum atomic E-state index is -3.61. The van der Waals surface area contributed by atoms with Gasteiger partial charge in [-0.05, 0) is 19.4 Å². The molecule has 0 saturated carbocycles. The number of aliphatic hydroxyl groups excluding tert-OH is 1. The molecular formula is C14H19NO3S2. The van der Waals surface area contributed by atoms with Gasteiger partial charge in [0, 0.05) is 16.1 Å². The molecule has 1 aromatic carbocycles. The van der Waals surface area contributed by atoms with Crippen molar-refractivity contribution in [1.82, 2.24) is 4.72 Å². The molecule has 20 heavy (non-hydrogen) atoms. The average molecular weight is 313 g/mol. The third-order valence-electron chi connectivity index (χ3n) is 3.11. The van der Waals surface area contributed by atoms with E-state index in [2.05, 4.69) is 4.72 Å². The number of thiophene rings is 1. The van der Waals surface area contributed by atoms with Crippen molar-refractivity contribution >= 4 is 31.4 Å². The van der Waals surface area contributed by atoms with Gasteiger partial charge in [0.15, 0.2) is 0 Å². The Bertz CT molecular complexity index is 692. The Morgan fingerprint density at radius 3 is 2.70 bits per heavy atom. The second-order valence-electron chi connectivity index (χ2n) is 4.82. The quantitative estimate of drug-likeness (QED) is 0.862. The maximum absolute atomic E-state index is 12.6. The smallest absolute Gasteiger partial charge is 0.242 e. The van der Waals surface area contributed by atoms with Gasteiger partial charge in [0.1, 0.15) is 4.90 Å². The summed E-state index contributed by atoms with van der Waals surface area (Å²) < 4.78 is 28.7. The predicted molar refractivity (Wildman–Crippen MR) is 82.4 cm³/mol. The molecule has 1 aromatic heterocycles. The fourth-order valence-electron chi connectivity index (χ4n) is 2.29. The molecule has 110 valence electrons. The van der Waals surface area contributed by atoms with Crippen LogP contribution in [0, 0.1) is 0 Å². The molecule has 2 N–H and O–H groups in total. The molecule has 0 aliphatic heterocycles. The van der Waals surface area contributed by atoms with Crippen molar-refractivity contribution in [2.45, 2.75) is 44.2 Å². The molecule has 0 radical (unpaired) electrons. The maximum Gasteiger partial charge on any atom is 0.242 e. The van der Waals surface area contributed by atoms with Gasteiger partial charge in [-0.25, -0.2) is 13.1 Å². The number of fused-ring (bicyclic) bond motifs is 1. The Kier molecular flexibility index (Phi) is 4.80. The lowest BCUT2D eigenvalue weighted by atomic mass is 10.2. The minimum absolute atomic E-state index is 0.116. The first-order chi connectivity index (χ1) is 9.49. The Labute approximate surface area is 123 Å². The molecule has 1 atom stereocenters. The van der Waals surface area contributed by atoms with Gasteiger partial charge in [-0.1, -0.05) is 31.5 Å². The van der Waals surface area contributed by atoms with Crippen molar-refractivity contribution < 1.29 is 13.5 Å². The van der Waals surface area contributed by atoms with Gasteiger partial charge in [0.05, 0.1) is 11.5 Å². The second kappa shape index (κ2) is 6.22. The predicted octanol–water partition coefficient (Wildman–Crippen LogP) is 2.86. The van der Waals surface area contributed by atoms with Crippen LogP contribution in [0.15, 0.2) is 29.2 Å². The van der Waals surface area contributed by atoms with Crippen LogP contribution in [0.4, 0.5) is 0 Å². The number of rotatable bonds is 6. The zero-order valence-electron chi connectivity index (χ0n) is 11.6. The highest BCUT2D eigenvalue weighted by Crippen LogP contribution is 2.34. The normalized spacial score (nSPS) is 13.8. The van der Waals surface area contributed by atoms with Gasteiger partial charge in [-0.15, -0.1) is 11.3 Å². The number of hydrogen-bond donors (Lipinski definition) is 2. The number of hydrogen-bond acceptors (Lipinski definition) is 4. The van der Waals surface area contributed by atoms with Gasteiger partial charge < -0.3 is 5.11 Å².